The van der Waals surface area contributed by atoms with E-state index < -0.39 is 6.04 Å². The second-order valence-corrected chi connectivity index (χ2v) is 7.18. The van der Waals surface area contributed by atoms with Crippen molar-refractivity contribution in [3.63, 3.8) is 0 Å². The number of aryl methyl sites for hydroxylation is 1. The molecule has 1 amide bonds. The molecule has 1 N–H and O–H groups in total. The van der Waals surface area contributed by atoms with Gasteiger partial charge in [0, 0.05) is 11.3 Å². The lowest BCUT2D eigenvalue weighted by Crippen LogP contribution is -2.30. The number of carbonyl (C=O) groups excluding carboxylic acids is 1. The van der Waals surface area contributed by atoms with E-state index in [-0.39, 0.29) is 5.91 Å². The van der Waals surface area contributed by atoms with Crippen LogP contribution in [0.15, 0.2) is 54.6 Å². The minimum atomic E-state index is -0.588. The first kappa shape index (κ1) is 19.1. The molecule has 0 saturated carbocycles. The Hall–Kier alpha value is -3.19. The third kappa shape index (κ3) is 3.27. The average Bonchev–Trinajstić information content (AvgIpc) is 3.18. The van der Waals surface area contributed by atoms with E-state index in [0.717, 1.165) is 22.6 Å². The van der Waals surface area contributed by atoms with E-state index in [4.69, 9.17) is 17.0 Å². The SMILES string of the molecule is CCOc1ccccc1N1C(=O)[C@H](c2c(C)nn(-c3ccccc3)c2C)NC1=S. The number of rotatable bonds is 5. The van der Waals surface area contributed by atoms with Gasteiger partial charge in [-0.25, -0.2) is 4.68 Å². The smallest absolute Gasteiger partial charge is 0.260 e. The number of nitrogens with zero attached hydrogens (tertiary/aromatic N) is 3. The van der Waals surface area contributed by atoms with Gasteiger partial charge in [-0.15, -0.1) is 0 Å². The minimum absolute atomic E-state index is 0.138. The summed E-state index contributed by atoms with van der Waals surface area (Å²) in [6, 6.07) is 16.7. The Kier molecular flexibility index (Phi) is 5.07. The van der Waals surface area contributed by atoms with Gasteiger partial charge in [0.1, 0.15) is 11.8 Å². The number of aromatic nitrogens is 2. The number of amides is 1. The molecule has 1 aromatic heterocycles. The third-order valence-corrected chi connectivity index (χ3v) is 5.28. The van der Waals surface area contributed by atoms with Crippen LogP contribution in [0.4, 0.5) is 5.69 Å². The van der Waals surface area contributed by atoms with Crippen molar-refractivity contribution >= 4 is 28.9 Å². The van der Waals surface area contributed by atoms with Crippen molar-refractivity contribution in [2.24, 2.45) is 0 Å². The highest BCUT2D eigenvalue weighted by Gasteiger charge is 2.41. The molecule has 7 heteroatoms. The lowest BCUT2D eigenvalue weighted by Gasteiger charge is -2.18. The van der Waals surface area contributed by atoms with E-state index in [9.17, 15) is 4.79 Å². The molecule has 0 aliphatic carbocycles. The minimum Gasteiger partial charge on any atom is -0.492 e. The van der Waals surface area contributed by atoms with Crippen molar-refractivity contribution in [3.8, 4) is 11.4 Å². The lowest BCUT2D eigenvalue weighted by molar-refractivity contribution is -0.118. The topological polar surface area (TPSA) is 59.4 Å². The average molecular weight is 407 g/mol. The number of hydrogen-bond donors (Lipinski definition) is 1. The first-order chi connectivity index (χ1) is 14.0. The van der Waals surface area contributed by atoms with Crippen molar-refractivity contribution in [2.45, 2.75) is 26.8 Å². The third-order valence-electron chi connectivity index (χ3n) is 4.98. The zero-order valence-electron chi connectivity index (χ0n) is 16.5. The van der Waals surface area contributed by atoms with Crippen LogP contribution in [-0.4, -0.2) is 27.4 Å². The molecule has 6 nitrogen and oxygen atoms in total. The molecule has 2 aromatic carbocycles. The van der Waals surface area contributed by atoms with E-state index in [0.29, 0.717) is 23.2 Å². The van der Waals surface area contributed by atoms with E-state index in [1.807, 2.05) is 80.1 Å². The number of thiocarbonyl (C=S) groups is 1. The second kappa shape index (κ2) is 7.67. The maximum Gasteiger partial charge on any atom is 0.260 e. The van der Waals surface area contributed by atoms with Gasteiger partial charge >= 0.3 is 0 Å². The van der Waals surface area contributed by atoms with Crippen LogP contribution in [0.1, 0.15) is 29.9 Å². The maximum atomic E-state index is 13.4. The summed E-state index contributed by atoms with van der Waals surface area (Å²) in [7, 11) is 0. The summed E-state index contributed by atoms with van der Waals surface area (Å²) in [5.41, 5.74) is 4.14. The van der Waals surface area contributed by atoms with Gasteiger partial charge in [0.25, 0.3) is 5.91 Å². The number of ether oxygens (including phenoxy) is 1. The van der Waals surface area contributed by atoms with E-state index >= 15 is 0 Å². The summed E-state index contributed by atoms with van der Waals surface area (Å²) in [6.07, 6.45) is 0. The predicted molar refractivity (Wildman–Crippen MR) is 117 cm³/mol. The molecule has 0 radical (unpaired) electrons. The molecule has 1 saturated heterocycles. The fraction of sp³-hybridized carbons (Fsp3) is 0.227. The summed E-state index contributed by atoms with van der Waals surface area (Å²) >= 11 is 5.52. The summed E-state index contributed by atoms with van der Waals surface area (Å²) in [6.45, 7) is 6.30. The Morgan fingerprint density at radius 3 is 2.52 bits per heavy atom. The van der Waals surface area contributed by atoms with Crippen molar-refractivity contribution in [1.29, 1.82) is 0 Å². The Labute approximate surface area is 175 Å². The van der Waals surface area contributed by atoms with Crippen LogP contribution in [0.25, 0.3) is 5.69 Å². The predicted octanol–water partition coefficient (Wildman–Crippen LogP) is 3.85. The summed E-state index contributed by atoms with van der Waals surface area (Å²) in [5, 5.41) is 8.21. The Morgan fingerprint density at radius 1 is 1.10 bits per heavy atom. The van der Waals surface area contributed by atoms with Gasteiger partial charge in [-0.3, -0.25) is 9.69 Å². The van der Waals surface area contributed by atoms with Gasteiger partial charge in [0.05, 0.1) is 23.7 Å². The molecular weight excluding hydrogens is 384 g/mol. The standard InChI is InChI=1S/C22H22N4O2S/c1-4-28-18-13-9-8-12-17(18)25-21(27)20(23-22(25)29)19-14(2)24-26(15(19)3)16-10-6-5-7-11-16/h5-13,20H,4H2,1-3H3,(H,23,29)/t20-/m0/s1. The first-order valence-corrected chi connectivity index (χ1v) is 9.91. The summed E-state index contributed by atoms with van der Waals surface area (Å²) in [5.74, 6) is 0.488. The van der Waals surface area contributed by atoms with Crippen LogP contribution in [-0.2, 0) is 4.79 Å². The fourth-order valence-corrected chi connectivity index (χ4v) is 4.02. The molecule has 0 spiro atoms. The van der Waals surface area contributed by atoms with Gasteiger partial charge < -0.3 is 10.1 Å². The molecule has 0 unspecified atom stereocenters. The second-order valence-electron chi connectivity index (χ2n) is 6.79. The fourth-order valence-electron chi connectivity index (χ4n) is 3.72. The molecule has 1 fully saturated rings. The molecule has 29 heavy (non-hydrogen) atoms. The van der Waals surface area contributed by atoms with Gasteiger partial charge in [-0.1, -0.05) is 30.3 Å². The zero-order chi connectivity index (χ0) is 20.5. The normalized spacial score (nSPS) is 16.2. The summed E-state index contributed by atoms with van der Waals surface area (Å²) in [4.78, 5) is 14.9. The Balaban J connectivity index is 1.73. The van der Waals surface area contributed by atoms with E-state index in [2.05, 4.69) is 10.4 Å². The van der Waals surface area contributed by atoms with Gasteiger partial charge in [-0.05, 0) is 57.3 Å². The number of para-hydroxylation sites is 3. The van der Waals surface area contributed by atoms with E-state index in [1.165, 1.54) is 4.90 Å². The van der Waals surface area contributed by atoms with Gasteiger partial charge in [0.15, 0.2) is 5.11 Å². The maximum absolute atomic E-state index is 13.4. The highest BCUT2D eigenvalue weighted by molar-refractivity contribution is 7.80. The van der Waals surface area contributed by atoms with Crippen LogP contribution in [0.5, 0.6) is 5.75 Å². The first-order valence-electron chi connectivity index (χ1n) is 9.50. The molecule has 1 aliphatic rings. The van der Waals surface area contributed by atoms with Crippen LogP contribution < -0.4 is 15.0 Å². The number of nitrogens with one attached hydrogen (secondary N) is 1. The molecule has 1 atom stereocenters. The summed E-state index contributed by atoms with van der Waals surface area (Å²) < 4.78 is 7.56. The van der Waals surface area contributed by atoms with Crippen molar-refractivity contribution in [2.75, 3.05) is 11.5 Å². The highest BCUT2D eigenvalue weighted by Crippen LogP contribution is 2.35. The molecular formula is C22H22N4O2S. The largest absolute Gasteiger partial charge is 0.492 e. The number of anilines is 1. The zero-order valence-corrected chi connectivity index (χ0v) is 17.4. The molecule has 148 valence electrons. The van der Waals surface area contributed by atoms with Crippen LogP contribution in [0.3, 0.4) is 0 Å². The molecule has 4 rings (SSSR count). The van der Waals surface area contributed by atoms with Crippen LogP contribution >= 0.6 is 12.2 Å². The quantitative estimate of drug-likeness (QED) is 0.652. The van der Waals surface area contributed by atoms with E-state index in [1.54, 1.807) is 0 Å². The highest BCUT2D eigenvalue weighted by atomic mass is 32.1. The molecule has 0 bridgehead atoms. The van der Waals surface area contributed by atoms with Gasteiger partial charge in [0.2, 0.25) is 0 Å². The van der Waals surface area contributed by atoms with Gasteiger partial charge in [-0.2, -0.15) is 5.10 Å². The van der Waals surface area contributed by atoms with Crippen LogP contribution in [0.2, 0.25) is 0 Å². The van der Waals surface area contributed by atoms with Crippen LogP contribution in [0, 0.1) is 13.8 Å². The Bertz CT molecular complexity index is 1080. The lowest BCUT2D eigenvalue weighted by atomic mass is 10.0. The Morgan fingerprint density at radius 2 is 1.79 bits per heavy atom. The molecule has 2 heterocycles. The molecule has 3 aromatic rings. The van der Waals surface area contributed by atoms with Crippen molar-refractivity contribution < 1.29 is 9.53 Å². The number of hydrogen-bond acceptors (Lipinski definition) is 4. The number of carbonyl (C=O) groups is 1. The molecule has 1 aliphatic heterocycles. The van der Waals surface area contributed by atoms with Crippen molar-refractivity contribution in [3.05, 3.63) is 71.5 Å². The number of benzene rings is 2. The van der Waals surface area contributed by atoms with Crippen molar-refractivity contribution in [1.82, 2.24) is 15.1 Å². The monoisotopic (exact) mass is 406 g/mol.